The van der Waals surface area contributed by atoms with Crippen LogP contribution in [0.15, 0.2) is 54.7 Å². The minimum atomic E-state index is -0.201. The van der Waals surface area contributed by atoms with Crippen molar-refractivity contribution in [2.45, 2.75) is 6.54 Å². The number of anilines is 1. The molecule has 0 saturated heterocycles. The molecule has 3 aromatic rings. The molecule has 0 radical (unpaired) electrons. The maximum atomic E-state index is 12.8. The summed E-state index contributed by atoms with van der Waals surface area (Å²) in [6, 6.07) is 14.7. The maximum Gasteiger partial charge on any atom is 0.123 e. The number of nitrogens with one attached hydrogen (secondary N) is 2. The number of benzene rings is 2. The highest BCUT2D eigenvalue weighted by Crippen LogP contribution is 2.18. The number of aromatic nitrogens is 1. The van der Waals surface area contributed by atoms with Crippen LogP contribution < -0.4 is 5.32 Å². The van der Waals surface area contributed by atoms with E-state index >= 15 is 0 Å². The van der Waals surface area contributed by atoms with Gasteiger partial charge in [0.1, 0.15) is 5.82 Å². The van der Waals surface area contributed by atoms with Crippen LogP contribution >= 0.6 is 0 Å². The zero-order valence-electron chi connectivity index (χ0n) is 9.78. The lowest BCUT2D eigenvalue weighted by Gasteiger charge is -2.06. The number of halogens is 1. The molecule has 0 aliphatic rings. The standard InChI is InChI=1S/C15H13FN2/c16-13-3-1-11(2-4-13)10-18-14-5-6-15-12(9-14)7-8-17-15/h1-9,17-18H,10H2. The molecule has 90 valence electrons. The Bertz CT molecular complexity index is 656. The summed E-state index contributed by atoms with van der Waals surface area (Å²) >= 11 is 0. The van der Waals surface area contributed by atoms with E-state index < -0.39 is 0 Å². The van der Waals surface area contributed by atoms with Crippen LogP contribution in [0.1, 0.15) is 5.56 Å². The number of hydrogen-bond acceptors (Lipinski definition) is 1. The topological polar surface area (TPSA) is 27.8 Å². The molecule has 0 bridgehead atoms. The average Bonchev–Trinajstić information content (AvgIpc) is 2.85. The third-order valence-electron chi connectivity index (χ3n) is 2.96. The Morgan fingerprint density at radius 3 is 2.67 bits per heavy atom. The molecule has 1 heterocycles. The van der Waals surface area contributed by atoms with Gasteiger partial charge in [-0.05, 0) is 42.0 Å². The van der Waals surface area contributed by atoms with Gasteiger partial charge in [-0.15, -0.1) is 0 Å². The zero-order valence-corrected chi connectivity index (χ0v) is 9.78. The van der Waals surface area contributed by atoms with Gasteiger partial charge in [0.2, 0.25) is 0 Å². The second kappa shape index (κ2) is 4.53. The molecule has 2 nitrogen and oxygen atoms in total. The molecule has 0 amide bonds. The van der Waals surface area contributed by atoms with E-state index in [1.165, 1.54) is 17.5 Å². The summed E-state index contributed by atoms with van der Waals surface area (Å²) in [5.74, 6) is -0.201. The SMILES string of the molecule is Fc1ccc(CNc2ccc3[nH]ccc3c2)cc1. The maximum absolute atomic E-state index is 12.8. The Morgan fingerprint density at radius 2 is 1.83 bits per heavy atom. The third-order valence-corrected chi connectivity index (χ3v) is 2.96. The Balaban J connectivity index is 1.74. The van der Waals surface area contributed by atoms with E-state index in [2.05, 4.69) is 16.4 Å². The molecule has 0 spiro atoms. The van der Waals surface area contributed by atoms with Gasteiger partial charge in [-0.3, -0.25) is 0 Å². The number of fused-ring (bicyclic) bond motifs is 1. The molecule has 0 unspecified atom stereocenters. The summed E-state index contributed by atoms with van der Waals surface area (Å²) in [6.45, 7) is 0.691. The van der Waals surface area contributed by atoms with Gasteiger partial charge >= 0.3 is 0 Å². The highest BCUT2D eigenvalue weighted by Gasteiger charge is 1.98. The average molecular weight is 240 g/mol. The predicted molar refractivity (Wildman–Crippen MR) is 72.0 cm³/mol. The summed E-state index contributed by atoms with van der Waals surface area (Å²) in [5.41, 5.74) is 3.25. The largest absolute Gasteiger partial charge is 0.381 e. The van der Waals surface area contributed by atoms with Crippen molar-refractivity contribution in [3.63, 3.8) is 0 Å². The van der Waals surface area contributed by atoms with Crippen molar-refractivity contribution in [2.24, 2.45) is 0 Å². The zero-order chi connectivity index (χ0) is 12.4. The lowest BCUT2D eigenvalue weighted by atomic mass is 10.2. The second-order valence-corrected chi connectivity index (χ2v) is 4.26. The smallest absolute Gasteiger partial charge is 0.123 e. The van der Waals surface area contributed by atoms with Crippen molar-refractivity contribution in [2.75, 3.05) is 5.32 Å². The lowest BCUT2D eigenvalue weighted by Crippen LogP contribution is -1.98. The highest BCUT2D eigenvalue weighted by atomic mass is 19.1. The summed E-state index contributed by atoms with van der Waals surface area (Å²) in [7, 11) is 0. The molecule has 0 atom stereocenters. The van der Waals surface area contributed by atoms with Gasteiger partial charge in [0.15, 0.2) is 0 Å². The summed E-state index contributed by atoms with van der Waals surface area (Å²) in [5, 5.41) is 4.51. The van der Waals surface area contributed by atoms with E-state index in [0.717, 1.165) is 16.8 Å². The van der Waals surface area contributed by atoms with Crippen LogP contribution in [-0.2, 0) is 6.54 Å². The summed E-state index contributed by atoms with van der Waals surface area (Å²) < 4.78 is 12.8. The van der Waals surface area contributed by atoms with E-state index in [0.29, 0.717) is 6.54 Å². The molecule has 0 fully saturated rings. The van der Waals surface area contributed by atoms with Crippen LogP contribution in [0.2, 0.25) is 0 Å². The van der Waals surface area contributed by atoms with Crippen LogP contribution in [0.5, 0.6) is 0 Å². The molecule has 2 N–H and O–H groups in total. The molecule has 0 saturated carbocycles. The van der Waals surface area contributed by atoms with Crippen LogP contribution in [0.4, 0.5) is 10.1 Å². The van der Waals surface area contributed by atoms with Gasteiger partial charge in [0, 0.05) is 29.3 Å². The highest BCUT2D eigenvalue weighted by molar-refractivity contribution is 5.82. The van der Waals surface area contributed by atoms with E-state index in [1.807, 2.05) is 24.4 Å². The first kappa shape index (κ1) is 10.8. The minimum Gasteiger partial charge on any atom is -0.381 e. The molecule has 3 rings (SSSR count). The van der Waals surface area contributed by atoms with Gasteiger partial charge in [0.25, 0.3) is 0 Å². The molecular weight excluding hydrogens is 227 g/mol. The van der Waals surface area contributed by atoms with Crippen LogP contribution in [0.3, 0.4) is 0 Å². The van der Waals surface area contributed by atoms with Crippen molar-refractivity contribution < 1.29 is 4.39 Å². The fourth-order valence-corrected chi connectivity index (χ4v) is 1.97. The Labute approximate surface area is 104 Å². The van der Waals surface area contributed by atoms with E-state index in [1.54, 1.807) is 12.1 Å². The number of rotatable bonds is 3. The first-order valence-electron chi connectivity index (χ1n) is 5.87. The van der Waals surface area contributed by atoms with Crippen molar-refractivity contribution in [3.8, 4) is 0 Å². The van der Waals surface area contributed by atoms with Crippen molar-refractivity contribution in [1.82, 2.24) is 4.98 Å². The van der Waals surface area contributed by atoms with Crippen LogP contribution in [-0.4, -0.2) is 4.98 Å². The molecule has 1 aromatic heterocycles. The Hall–Kier alpha value is -2.29. The van der Waals surface area contributed by atoms with E-state index in [4.69, 9.17) is 0 Å². The second-order valence-electron chi connectivity index (χ2n) is 4.26. The first-order chi connectivity index (χ1) is 8.81. The van der Waals surface area contributed by atoms with Gasteiger partial charge in [0.05, 0.1) is 0 Å². The molecule has 18 heavy (non-hydrogen) atoms. The number of H-pyrrole nitrogens is 1. The molecular formula is C15H13FN2. The molecule has 3 heteroatoms. The minimum absolute atomic E-state index is 0.201. The normalized spacial score (nSPS) is 10.7. The number of hydrogen-bond donors (Lipinski definition) is 2. The van der Waals surface area contributed by atoms with Crippen LogP contribution in [0.25, 0.3) is 10.9 Å². The van der Waals surface area contributed by atoms with Crippen molar-refractivity contribution in [1.29, 1.82) is 0 Å². The molecule has 0 aliphatic carbocycles. The van der Waals surface area contributed by atoms with Crippen molar-refractivity contribution >= 4 is 16.6 Å². The van der Waals surface area contributed by atoms with E-state index in [-0.39, 0.29) is 5.82 Å². The lowest BCUT2D eigenvalue weighted by molar-refractivity contribution is 0.627. The van der Waals surface area contributed by atoms with Gasteiger partial charge < -0.3 is 10.3 Å². The summed E-state index contributed by atoms with van der Waals surface area (Å²) in [4.78, 5) is 3.16. The Kier molecular flexibility index (Phi) is 2.73. The fourth-order valence-electron chi connectivity index (χ4n) is 1.97. The predicted octanol–water partition coefficient (Wildman–Crippen LogP) is 3.92. The molecule has 0 aliphatic heterocycles. The number of aromatic amines is 1. The third kappa shape index (κ3) is 2.20. The van der Waals surface area contributed by atoms with Gasteiger partial charge in [-0.1, -0.05) is 12.1 Å². The quantitative estimate of drug-likeness (QED) is 0.713. The van der Waals surface area contributed by atoms with E-state index in [9.17, 15) is 4.39 Å². The molecule has 2 aromatic carbocycles. The van der Waals surface area contributed by atoms with Crippen molar-refractivity contribution in [3.05, 3.63) is 66.1 Å². The summed E-state index contributed by atoms with van der Waals surface area (Å²) in [6.07, 6.45) is 1.93. The van der Waals surface area contributed by atoms with Gasteiger partial charge in [-0.2, -0.15) is 0 Å². The Morgan fingerprint density at radius 1 is 1.00 bits per heavy atom. The van der Waals surface area contributed by atoms with Gasteiger partial charge in [-0.25, -0.2) is 4.39 Å². The fraction of sp³-hybridized carbons (Fsp3) is 0.0667. The monoisotopic (exact) mass is 240 g/mol. The van der Waals surface area contributed by atoms with Crippen LogP contribution in [0, 0.1) is 5.82 Å². The first-order valence-corrected chi connectivity index (χ1v) is 5.87.